The monoisotopic (exact) mass is 1810 g/mol. The zero-order valence-corrected chi connectivity index (χ0v) is 74.0. The fraction of sp³-hybridized carbons (Fsp3) is 0.750. The number of carbonyl (C=O) groups is 3. The van der Waals surface area contributed by atoms with Crippen molar-refractivity contribution in [3.05, 3.63) is 83.8 Å². The van der Waals surface area contributed by atoms with Crippen molar-refractivity contribution in [1.29, 1.82) is 0 Å². The summed E-state index contributed by atoms with van der Waals surface area (Å²) in [6, 6.07) is 17.7. The van der Waals surface area contributed by atoms with Gasteiger partial charge in [0.15, 0.2) is 25.0 Å². The minimum absolute atomic E-state index is 0. The molecule has 20 nitrogen and oxygen atoms in total. The number of fused-ring (bicyclic) bond motifs is 2. The molecule has 4 saturated heterocycles. The van der Waals surface area contributed by atoms with Gasteiger partial charge in [-0.2, -0.15) is 74.5 Å². The smallest absolute Gasteiger partial charge is 0.743 e. The summed E-state index contributed by atoms with van der Waals surface area (Å²) in [7, 11) is -29.2. The van der Waals surface area contributed by atoms with E-state index >= 15 is 0 Å². The third-order valence-corrected chi connectivity index (χ3v) is 31.5. The van der Waals surface area contributed by atoms with Crippen molar-refractivity contribution in [2.24, 2.45) is 23.7 Å². The summed E-state index contributed by atoms with van der Waals surface area (Å²) in [4.78, 5) is 32.5. The van der Waals surface area contributed by atoms with Gasteiger partial charge in [-0.15, -0.1) is 0 Å². The van der Waals surface area contributed by atoms with Gasteiger partial charge in [-0.05, 0) is 151 Å². The number of hydrogen-bond donors (Lipinski definition) is 0. The standard InChI is InChI=1S/C20H29O2S.C19H30OSi.2C12H17F6NO5S2.C4H3F3O3.C4H8O2S.CH3.Na/c1-20(2,23-14-12-22-13-15-23)19(21)18-10-8-17(9-11-18)16-6-4-3-5-7-16;1-15(2)19(20-21(3,4)5)18-13-11-17(12-14-18)16-9-7-6-8-10-16;2*13-10(14,12(17,18)26(22,23)24)11(15,16)25(20,21)19-6-5-8-3-1-2-4-9(8)7-19;1-2(8)10-3(9)4(5,6)7;5-7-3-1-6-2-4-7;;/h8-11,16H,3-7,12-15H2,1-2H3;11-14,16H,6-10H2,1-5H3;2*8-9H,1-7H2,(H,22,23,24);1H3;1-4H2;1H3;/q+1;;;;;;-1;+1/p-2. The number of benzene rings is 2. The Balaban J connectivity index is 0.000000369. The third kappa shape index (κ3) is 27.3. The average molecular weight is 1820 g/mol. The molecule has 2 aromatic rings. The van der Waals surface area contributed by atoms with Crippen molar-refractivity contribution in [3.63, 3.8) is 0 Å². The largest absolute Gasteiger partial charge is 1.00 e. The number of Topliss-reactive ketones (excluding diaryl/α,β-unsaturated/α-hetero) is 1. The van der Waals surface area contributed by atoms with Crippen LogP contribution in [0, 0.1) is 31.1 Å². The number of sulfonamides is 2. The minimum atomic E-state index is -7.25. The first kappa shape index (κ1) is 106. The predicted octanol–water partition coefficient (Wildman–Crippen LogP) is 12.9. The molecule has 4 heterocycles. The number of allylic oxidation sites excluding steroid dienone is 1. The van der Waals surface area contributed by atoms with Crippen LogP contribution in [0.5, 0.6) is 0 Å². The van der Waals surface area contributed by atoms with Crippen LogP contribution in [0.15, 0.2) is 54.1 Å². The number of esters is 2. The second-order valence-electron chi connectivity index (χ2n) is 30.7. The number of carbonyl (C=O) groups excluding carboxylic acids is 3. The second kappa shape index (κ2) is 43.4. The first-order valence-electron chi connectivity index (χ1n) is 37.1. The predicted molar refractivity (Wildman–Crippen MR) is 402 cm³/mol. The number of nitrogens with zero attached hydrogens (tertiary/aromatic N) is 2. The number of ketones is 1. The molecule has 4 aliphatic heterocycles. The van der Waals surface area contributed by atoms with Gasteiger partial charge in [-0.3, -0.25) is 13.8 Å². The van der Waals surface area contributed by atoms with E-state index in [0.717, 1.165) is 79.1 Å². The maximum absolute atomic E-state index is 14.0. The first-order chi connectivity index (χ1) is 51.8. The first-order valence-corrected chi connectivity index (χ1v) is 49.2. The topological polar surface area (TPSA) is 294 Å². The summed E-state index contributed by atoms with van der Waals surface area (Å²) in [5.41, 5.74) is 6.32. The van der Waals surface area contributed by atoms with Crippen molar-refractivity contribution in [3.8, 4) is 0 Å². The van der Waals surface area contributed by atoms with E-state index in [1.807, 2.05) is 0 Å². The Kier molecular flexibility index (Phi) is 40.1. The molecule has 8 aliphatic rings. The molecule has 115 heavy (non-hydrogen) atoms. The normalized spacial score (nSPS) is 22.1. The van der Waals surface area contributed by atoms with Crippen LogP contribution in [0.4, 0.5) is 65.9 Å². The average Bonchev–Trinajstić information content (AvgIpc) is 0.720. The van der Waals surface area contributed by atoms with Gasteiger partial charge >= 0.3 is 80.5 Å². The fourth-order valence-electron chi connectivity index (χ4n) is 14.5. The molecule has 0 bridgehead atoms. The summed E-state index contributed by atoms with van der Waals surface area (Å²) in [5.74, 6) is -12.0. The summed E-state index contributed by atoms with van der Waals surface area (Å²) < 4.78 is 336. The molecule has 0 radical (unpaired) electrons. The van der Waals surface area contributed by atoms with Gasteiger partial charge in [0.2, 0.25) is 14.1 Å². The van der Waals surface area contributed by atoms with E-state index in [9.17, 15) is 127 Å². The number of halogens is 15. The number of piperidine rings is 2. The van der Waals surface area contributed by atoms with Gasteiger partial charge < -0.3 is 35.2 Å². The van der Waals surface area contributed by atoms with E-state index in [1.54, 1.807) is 0 Å². The molecule has 10 rings (SSSR count). The summed E-state index contributed by atoms with van der Waals surface area (Å²) in [5, 5.41) is -26.6. The van der Waals surface area contributed by atoms with Crippen LogP contribution in [-0.2, 0) is 90.2 Å². The molecule has 4 unspecified atom stereocenters. The summed E-state index contributed by atoms with van der Waals surface area (Å²) in [6.45, 7) is 16.7. The Morgan fingerprint density at radius 2 is 0.826 bits per heavy atom. The van der Waals surface area contributed by atoms with Crippen molar-refractivity contribution >= 4 is 93.8 Å². The quantitative estimate of drug-likeness (QED) is 0.0154. The van der Waals surface area contributed by atoms with Gasteiger partial charge in [-0.25, -0.2) is 38.5 Å². The molecule has 0 N–H and O–H groups in total. The van der Waals surface area contributed by atoms with Crippen LogP contribution < -0.4 is 29.6 Å². The zero-order chi connectivity index (χ0) is 85.6. The molecule has 0 amide bonds. The minimum Gasteiger partial charge on any atom is -0.743 e. The maximum atomic E-state index is 14.0. The van der Waals surface area contributed by atoms with Crippen LogP contribution in [0.25, 0.3) is 5.76 Å². The Hall–Kier alpha value is -2.98. The molecule has 0 spiro atoms. The second-order valence-corrected chi connectivity index (χ2v) is 46.4. The Labute approximate surface area is 694 Å². The Morgan fingerprint density at radius 1 is 0.496 bits per heavy atom. The Morgan fingerprint density at radius 3 is 1.12 bits per heavy atom. The number of rotatable bonds is 18. The van der Waals surface area contributed by atoms with Crippen LogP contribution in [0.1, 0.15) is 202 Å². The van der Waals surface area contributed by atoms with Crippen molar-refractivity contribution in [1.82, 2.24) is 8.61 Å². The van der Waals surface area contributed by atoms with Crippen molar-refractivity contribution in [2.45, 2.75) is 238 Å². The molecular formula is C72H105F15N2NaO18S6Si-. The fourth-order valence-corrected chi connectivity index (χ4v) is 22.5. The Bertz CT molecular complexity index is 3880. The third-order valence-electron chi connectivity index (χ3n) is 20.9. The zero-order valence-electron chi connectivity index (χ0n) is 66.1. The van der Waals surface area contributed by atoms with Gasteiger partial charge in [0, 0.05) is 77.4 Å². The van der Waals surface area contributed by atoms with E-state index in [-0.39, 0.29) is 97.7 Å². The van der Waals surface area contributed by atoms with Crippen LogP contribution in [-0.4, -0.2) is 201 Å². The number of alkyl halides is 15. The molecule has 0 aromatic heterocycles. The van der Waals surface area contributed by atoms with E-state index in [4.69, 9.17) is 13.9 Å². The summed E-state index contributed by atoms with van der Waals surface area (Å²) in [6.07, 6.45) is 14.2. The molecule has 43 heteroatoms. The van der Waals surface area contributed by atoms with Crippen molar-refractivity contribution < 1.29 is 175 Å². The maximum Gasteiger partial charge on any atom is 1.00 e. The van der Waals surface area contributed by atoms with E-state index in [1.165, 1.54) is 86.5 Å². The van der Waals surface area contributed by atoms with Gasteiger partial charge in [-0.1, -0.05) is 126 Å². The SMILES string of the molecule is CC(=O)OC(=O)C(F)(F)F.CC(C)(C(=O)c1ccc(C2CCCCC2)cc1)[S+]1CCOCC1.CC(C)=C(O[Si](C)(C)C)c1ccc(C2CCCCC2)cc1.O=S(=O)([O-])C(F)(F)C(F)(F)C(F)(F)S(=O)(=O)N1CCC2CCCCC2C1.O=S(=O)([O-])C(F)(F)C(F)(F)C(F)(F)S(=O)(=O)N1CCC2CCCCC2C1.O=S1CCOCC1.[CH3-].[Na+]. The molecule has 8 fully saturated rings. The van der Waals surface area contributed by atoms with Crippen LogP contribution >= 0.6 is 0 Å². The van der Waals surface area contributed by atoms with E-state index < -0.39 is 137 Å². The summed E-state index contributed by atoms with van der Waals surface area (Å²) >= 11 is 0. The number of ether oxygens (including phenoxy) is 3. The molecule has 4 atom stereocenters. The van der Waals surface area contributed by atoms with Crippen LogP contribution in [0.3, 0.4) is 0 Å². The molecule has 658 valence electrons. The van der Waals surface area contributed by atoms with E-state index in [0.29, 0.717) is 57.5 Å². The van der Waals surface area contributed by atoms with Crippen molar-refractivity contribution in [2.75, 3.05) is 75.6 Å². The molecule has 4 aliphatic carbocycles. The van der Waals surface area contributed by atoms with Gasteiger partial charge in [0.05, 0.1) is 26.4 Å². The molecule has 4 saturated carbocycles. The van der Waals surface area contributed by atoms with E-state index in [2.05, 4.69) is 101 Å². The van der Waals surface area contributed by atoms with Gasteiger partial charge in [0.1, 0.15) is 17.3 Å². The number of hydrogen-bond acceptors (Lipinski definition) is 18. The molecule has 2 aromatic carbocycles. The van der Waals surface area contributed by atoms with Gasteiger partial charge in [0.25, 0.3) is 20.0 Å². The molecular weight excluding hydrogens is 1710 g/mol. The van der Waals surface area contributed by atoms with Crippen LogP contribution in [0.2, 0.25) is 19.6 Å².